The van der Waals surface area contributed by atoms with E-state index in [1.165, 1.54) is 0 Å². The van der Waals surface area contributed by atoms with E-state index < -0.39 is 5.60 Å². The topological polar surface area (TPSA) is 43.8 Å². The number of likely N-dealkylation sites (tertiary alicyclic amines) is 2. The van der Waals surface area contributed by atoms with Crippen LogP contribution in [0, 0.1) is 5.92 Å². The van der Waals surface area contributed by atoms with Crippen LogP contribution in [-0.4, -0.2) is 53.0 Å². The lowest BCUT2D eigenvalue weighted by molar-refractivity contribution is -0.158. The van der Waals surface area contributed by atoms with Crippen LogP contribution in [0.3, 0.4) is 0 Å². The number of benzene rings is 1. The van der Waals surface area contributed by atoms with E-state index in [4.69, 9.17) is 0 Å². The molecule has 0 aromatic heterocycles. The number of likely N-dealkylation sites (N-methyl/N-ethyl adjacent to an activating group) is 1. The van der Waals surface area contributed by atoms with E-state index in [2.05, 4.69) is 16.8 Å². The molecule has 3 fully saturated rings. The summed E-state index contributed by atoms with van der Waals surface area (Å²) in [6.45, 7) is 1.70. The van der Waals surface area contributed by atoms with Crippen LogP contribution in [0.5, 0.6) is 0 Å². The van der Waals surface area contributed by atoms with Gasteiger partial charge in [-0.2, -0.15) is 0 Å². The first-order chi connectivity index (χ1) is 12.1. The number of amides is 1. The molecule has 1 aliphatic carbocycles. The molecule has 4 atom stereocenters. The van der Waals surface area contributed by atoms with Crippen molar-refractivity contribution in [3.63, 3.8) is 0 Å². The van der Waals surface area contributed by atoms with Crippen molar-refractivity contribution in [3.8, 4) is 0 Å². The number of fused-ring (bicyclic) bond motifs is 1. The maximum atomic E-state index is 13.2. The molecule has 25 heavy (non-hydrogen) atoms. The summed E-state index contributed by atoms with van der Waals surface area (Å²) in [5.41, 5.74) is 0.238. The first-order valence-corrected chi connectivity index (χ1v) is 9.90. The Morgan fingerprint density at radius 3 is 2.56 bits per heavy atom. The predicted molar refractivity (Wildman–Crippen MR) is 98.1 cm³/mol. The minimum atomic E-state index is -0.787. The number of hydrogen-bond donors (Lipinski definition) is 1. The lowest BCUT2D eigenvalue weighted by Gasteiger charge is -2.53. The molecule has 1 saturated carbocycles. The molecule has 0 radical (unpaired) electrons. The van der Waals surface area contributed by atoms with E-state index in [9.17, 15) is 9.90 Å². The zero-order valence-electron chi connectivity index (χ0n) is 15.2. The molecule has 136 valence electrons. The average molecular weight is 342 g/mol. The summed E-state index contributed by atoms with van der Waals surface area (Å²) in [7, 11) is 2.07. The second kappa shape index (κ2) is 6.73. The van der Waals surface area contributed by atoms with Crippen molar-refractivity contribution in [1.82, 2.24) is 9.80 Å². The Hall–Kier alpha value is -1.39. The van der Waals surface area contributed by atoms with Gasteiger partial charge in [0.15, 0.2) is 0 Å². The molecule has 1 aromatic carbocycles. The van der Waals surface area contributed by atoms with Gasteiger partial charge in [0.1, 0.15) is 0 Å². The first kappa shape index (κ1) is 17.0. The molecule has 2 saturated heterocycles. The van der Waals surface area contributed by atoms with Gasteiger partial charge >= 0.3 is 0 Å². The summed E-state index contributed by atoms with van der Waals surface area (Å²) in [5.74, 6) is 0.458. The molecule has 3 aliphatic rings. The molecular weight excluding hydrogens is 312 g/mol. The van der Waals surface area contributed by atoms with Crippen molar-refractivity contribution in [1.29, 1.82) is 0 Å². The fourth-order valence-corrected chi connectivity index (χ4v) is 5.46. The summed E-state index contributed by atoms with van der Waals surface area (Å²) in [5, 5.41) is 11.6. The quantitative estimate of drug-likeness (QED) is 0.899. The van der Waals surface area contributed by atoms with Crippen LogP contribution < -0.4 is 0 Å². The van der Waals surface area contributed by atoms with Gasteiger partial charge in [-0.25, -0.2) is 0 Å². The van der Waals surface area contributed by atoms with Gasteiger partial charge in [-0.1, -0.05) is 43.2 Å². The summed E-state index contributed by atoms with van der Waals surface area (Å²) in [6, 6.07) is 10.4. The zero-order valence-corrected chi connectivity index (χ0v) is 15.2. The van der Waals surface area contributed by atoms with Crippen LogP contribution in [0.25, 0.3) is 0 Å². The van der Waals surface area contributed by atoms with E-state index in [-0.39, 0.29) is 18.0 Å². The fourth-order valence-electron chi connectivity index (χ4n) is 5.46. The number of nitrogens with zero attached hydrogens (tertiary/aromatic N) is 2. The second-order valence-electron chi connectivity index (χ2n) is 8.17. The van der Waals surface area contributed by atoms with Crippen molar-refractivity contribution in [2.75, 3.05) is 20.1 Å². The molecular formula is C21H30N2O2. The van der Waals surface area contributed by atoms with Crippen LogP contribution in [0.15, 0.2) is 30.3 Å². The second-order valence-corrected chi connectivity index (χ2v) is 8.17. The van der Waals surface area contributed by atoms with Crippen LogP contribution in [0.2, 0.25) is 0 Å². The maximum absolute atomic E-state index is 13.2. The van der Waals surface area contributed by atoms with Gasteiger partial charge in [-0.3, -0.25) is 9.69 Å². The van der Waals surface area contributed by atoms with Gasteiger partial charge in [0.05, 0.1) is 11.6 Å². The van der Waals surface area contributed by atoms with Gasteiger partial charge < -0.3 is 10.0 Å². The molecule has 1 aromatic rings. The zero-order chi connectivity index (χ0) is 17.4. The number of carbonyl (C=O) groups is 1. The molecule has 1 amide bonds. The van der Waals surface area contributed by atoms with Crippen LogP contribution >= 0.6 is 0 Å². The molecule has 1 N–H and O–H groups in total. The summed E-state index contributed by atoms with van der Waals surface area (Å²) < 4.78 is 0. The molecule has 0 spiro atoms. The number of carbonyl (C=O) groups excluding carboxylic acids is 1. The highest BCUT2D eigenvalue weighted by molar-refractivity contribution is 5.82. The largest absolute Gasteiger partial charge is 0.385 e. The SMILES string of the molecule is CN1CCC[C@H]1C(=O)N1CCC(O)(c2ccccc2)[C@H]2CCCC[C@H]21. The first-order valence-electron chi connectivity index (χ1n) is 9.90. The van der Waals surface area contributed by atoms with Crippen LogP contribution in [0.1, 0.15) is 50.5 Å². The van der Waals surface area contributed by atoms with Crippen LogP contribution in [0.4, 0.5) is 0 Å². The van der Waals surface area contributed by atoms with Crippen molar-refractivity contribution in [2.24, 2.45) is 5.92 Å². The van der Waals surface area contributed by atoms with Crippen LogP contribution in [-0.2, 0) is 10.4 Å². The Labute approximate surface area is 150 Å². The van der Waals surface area contributed by atoms with E-state index >= 15 is 0 Å². The van der Waals surface area contributed by atoms with Gasteiger partial charge in [-0.05, 0) is 51.3 Å². The lowest BCUT2D eigenvalue weighted by Crippen LogP contribution is -2.61. The normalized spacial score (nSPS) is 36.2. The third kappa shape index (κ3) is 2.89. The van der Waals surface area contributed by atoms with E-state index in [1.807, 2.05) is 30.3 Å². The van der Waals surface area contributed by atoms with Crippen molar-refractivity contribution < 1.29 is 9.90 Å². The van der Waals surface area contributed by atoms with Crippen molar-refractivity contribution in [2.45, 2.75) is 62.6 Å². The summed E-state index contributed by atoms with van der Waals surface area (Å²) >= 11 is 0. The number of aliphatic hydroxyl groups is 1. The van der Waals surface area contributed by atoms with Crippen molar-refractivity contribution in [3.05, 3.63) is 35.9 Å². The minimum absolute atomic E-state index is 0.0468. The van der Waals surface area contributed by atoms with E-state index in [1.54, 1.807) is 0 Å². The van der Waals surface area contributed by atoms with Gasteiger partial charge in [0, 0.05) is 18.5 Å². The Balaban J connectivity index is 1.61. The highest BCUT2D eigenvalue weighted by atomic mass is 16.3. The minimum Gasteiger partial charge on any atom is -0.385 e. The molecule has 4 heteroatoms. The third-order valence-electron chi connectivity index (χ3n) is 6.84. The molecule has 4 rings (SSSR count). The Bertz CT molecular complexity index is 620. The number of hydrogen-bond acceptors (Lipinski definition) is 3. The standard InChI is InChI=1S/C21H30N2O2/c1-22-14-7-12-19(22)20(24)23-15-13-21(25,16-8-3-2-4-9-16)17-10-5-6-11-18(17)23/h2-4,8-9,17-19,25H,5-7,10-15H2,1H3/t17-,18+,19-,21?/m0/s1. The molecule has 4 nitrogen and oxygen atoms in total. The van der Waals surface area contributed by atoms with E-state index in [0.717, 1.165) is 50.6 Å². The van der Waals surface area contributed by atoms with Gasteiger partial charge in [0.25, 0.3) is 0 Å². The predicted octanol–water partition coefficient (Wildman–Crippen LogP) is 2.76. The van der Waals surface area contributed by atoms with Gasteiger partial charge in [-0.15, -0.1) is 0 Å². The maximum Gasteiger partial charge on any atom is 0.240 e. The highest BCUT2D eigenvalue weighted by Gasteiger charge is 2.51. The Morgan fingerprint density at radius 1 is 1.08 bits per heavy atom. The molecule has 0 bridgehead atoms. The summed E-state index contributed by atoms with van der Waals surface area (Å²) in [4.78, 5) is 17.6. The number of piperidine rings is 1. The van der Waals surface area contributed by atoms with Crippen molar-refractivity contribution >= 4 is 5.91 Å². The monoisotopic (exact) mass is 342 g/mol. The highest BCUT2D eigenvalue weighted by Crippen LogP contribution is 2.47. The average Bonchev–Trinajstić information content (AvgIpc) is 3.08. The molecule has 2 heterocycles. The Morgan fingerprint density at radius 2 is 1.84 bits per heavy atom. The fraction of sp³-hybridized carbons (Fsp3) is 0.667. The lowest BCUT2D eigenvalue weighted by atomic mass is 9.66. The van der Waals surface area contributed by atoms with E-state index in [0.29, 0.717) is 18.9 Å². The summed E-state index contributed by atoms with van der Waals surface area (Å²) in [6.07, 6.45) is 7.11. The smallest absolute Gasteiger partial charge is 0.240 e. The van der Waals surface area contributed by atoms with Gasteiger partial charge in [0.2, 0.25) is 5.91 Å². The number of rotatable bonds is 2. The molecule has 1 unspecified atom stereocenters. The Kier molecular flexibility index (Phi) is 4.59. The molecule has 2 aliphatic heterocycles. The third-order valence-corrected chi connectivity index (χ3v) is 6.84.